The molecule has 1 saturated heterocycles. The van der Waals surface area contributed by atoms with Crippen LogP contribution in [0.4, 0.5) is 17.5 Å². The molecule has 2 heterocycles. The van der Waals surface area contributed by atoms with E-state index in [2.05, 4.69) is 73.9 Å². The van der Waals surface area contributed by atoms with E-state index in [1.54, 1.807) is 0 Å². The SMILES string of the molecule is Cc1cc(N2CCN(c3ccccc3)CC2)nc(NC(=S)NCC2(c3ccc(Cl)cc3)CCCCC2)n1. The lowest BCUT2D eigenvalue weighted by molar-refractivity contribution is 0.292. The van der Waals surface area contributed by atoms with Crippen molar-refractivity contribution < 1.29 is 0 Å². The Morgan fingerprint density at radius 2 is 1.59 bits per heavy atom. The molecule has 2 fully saturated rings. The first kappa shape index (κ1) is 25.7. The molecular weight excluding hydrogens is 500 g/mol. The van der Waals surface area contributed by atoms with Crippen LogP contribution in [0, 0.1) is 6.92 Å². The van der Waals surface area contributed by atoms with Crippen LogP contribution in [0.1, 0.15) is 43.4 Å². The fourth-order valence-corrected chi connectivity index (χ4v) is 5.89. The molecule has 194 valence electrons. The third-order valence-corrected chi connectivity index (χ3v) is 8.14. The van der Waals surface area contributed by atoms with Crippen LogP contribution in [-0.2, 0) is 5.41 Å². The number of hydrogen-bond acceptors (Lipinski definition) is 5. The fraction of sp³-hybridized carbons (Fsp3) is 0.414. The summed E-state index contributed by atoms with van der Waals surface area (Å²) < 4.78 is 0. The molecule has 2 aliphatic rings. The average Bonchev–Trinajstić information content (AvgIpc) is 2.93. The first-order valence-electron chi connectivity index (χ1n) is 13.2. The average molecular weight is 535 g/mol. The van der Waals surface area contributed by atoms with Gasteiger partial charge < -0.3 is 20.4 Å². The Labute approximate surface area is 230 Å². The summed E-state index contributed by atoms with van der Waals surface area (Å²) in [6.45, 7) is 6.53. The van der Waals surface area contributed by atoms with Crippen LogP contribution >= 0.6 is 23.8 Å². The largest absolute Gasteiger partial charge is 0.368 e. The molecule has 0 atom stereocenters. The highest BCUT2D eigenvalue weighted by Gasteiger charge is 2.34. The van der Waals surface area contributed by atoms with Gasteiger partial charge in [0.15, 0.2) is 5.11 Å². The summed E-state index contributed by atoms with van der Waals surface area (Å²) in [6.07, 6.45) is 6.03. The van der Waals surface area contributed by atoms with Crippen molar-refractivity contribution in [3.8, 4) is 0 Å². The van der Waals surface area contributed by atoms with Crippen LogP contribution in [-0.4, -0.2) is 47.8 Å². The fourth-order valence-electron chi connectivity index (χ4n) is 5.60. The quantitative estimate of drug-likeness (QED) is 0.379. The maximum atomic E-state index is 6.16. The summed E-state index contributed by atoms with van der Waals surface area (Å²) in [6, 6.07) is 21.0. The van der Waals surface area contributed by atoms with Crippen molar-refractivity contribution in [1.29, 1.82) is 0 Å². The summed E-state index contributed by atoms with van der Waals surface area (Å²) in [7, 11) is 0. The maximum Gasteiger partial charge on any atom is 0.231 e. The van der Waals surface area contributed by atoms with Gasteiger partial charge in [-0.2, -0.15) is 4.98 Å². The zero-order chi connectivity index (χ0) is 25.7. The van der Waals surface area contributed by atoms with E-state index < -0.39 is 0 Å². The second-order valence-corrected chi connectivity index (χ2v) is 11.0. The number of rotatable bonds is 6. The van der Waals surface area contributed by atoms with Gasteiger partial charge in [-0.3, -0.25) is 0 Å². The van der Waals surface area contributed by atoms with Crippen molar-refractivity contribution in [3.63, 3.8) is 0 Å². The van der Waals surface area contributed by atoms with Crippen molar-refractivity contribution in [1.82, 2.24) is 15.3 Å². The van der Waals surface area contributed by atoms with Crippen LogP contribution in [0.15, 0.2) is 60.7 Å². The molecular formula is C29H35ClN6S. The molecule has 0 spiro atoms. The minimum absolute atomic E-state index is 0.0611. The number of halogens is 1. The lowest BCUT2D eigenvalue weighted by Crippen LogP contribution is -2.47. The van der Waals surface area contributed by atoms with Gasteiger partial charge in [-0.05, 0) is 61.8 Å². The molecule has 0 unspecified atom stereocenters. The monoisotopic (exact) mass is 534 g/mol. The number of para-hydroxylation sites is 1. The highest BCUT2D eigenvalue weighted by atomic mass is 35.5. The van der Waals surface area contributed by atoms with Gasteiger partial charge in [0.25, 0.3) is 0 Å². The van der Waals surface area contributed by atoms with Gasteiger partial charge in [0.2, 0.25) is 5.95 Å². The molecule has 0 radical (unpaired) electrons. The Morgan fingerprint density at radius 1 is 0.919 bits per heavy atom. The van der Waals surface area contributed by atoms with Crippen LogP contribution in [0.3, 0.4) is 0 Å². The van der Waals surface area contributed by atoms with Crippen molar-refractivity contribution in [2.75, 3.05) is 47.8 Å². The lowest BCUT2D eigenvalue weighted by Gasteiger charge is -2.38. The zero-order valence-corrected chi connectivity index (χ0v) is 23.0. The zero-order valence-electron chi connectivity index (χ0n) is 21.4. The third kappa shape index (κ3) is 6.33. The number of thiocarbonyl (C=S) groups is 1. The van der Waals surface area contributed by atoms with E-state index in [1.165, 1.54) is 30.5 Å². The van der Waals surface area contributed by atoms with E-state index in [0.717, 1.165) is 62.1 Å². The second kappa shape index (κ2) is 11.7. The molecule has 0 bridgehead atoms. The third-order valence-electron chi connectivity index (χ3n) is 7.65. The van der Waals surface area contributed by atoms with Crippen LogP contribution in [0.5, 0.6) is 0 Å². The van der Waals surface area contributed by atoms with Crippen LogP contribution in [0.25, 0.3) is 0 Å². The number of anilines is 3. The summed E-state index contributed by atoms with van der Waals surface area (Å²) in [4.78, 5) is 14.2. The number of hydrogen-bond donors (Lipinski definition) is 2. The van der Waals surface area contributed by atoms with Crippen molar-refractivity contribution >= 4 is 46.4 Å². The molecule has 3 aromatic rings. The van der Waals surface area contributed by atoms with Gasteiger partial charge in [-0.15, -0.1) is 0 Å². The summed E-state index contributed by atoms with van der Waals surface area (Å²) in [5.41, 5.74) is 3.58. The number of nitrogens with zero attached hydrogens (tertiary/aromatic N) is 4. The predicted octanol–water partition coefficient (Wildman–Crippen LogP) is 5.95. The number of nitrogens with one attached hydrogen (secondary N) is 2. The Balaban J connectivity index is 1.21. The van der Waals surface area contributed by atoms with E-state index in [4.69, 9.17) is 28.8 Å². The molecule has 6 nitrogen and oxygen atoms in total. The molecule has 1 saturated carbocycles. The number of benzene rings is 2. The van der Waals surface area contributed by atoms with Crippen molar-refractivity contribution in [3.05, 3.63) is 76.9 Å². The Morgan fingerprint density at radius 3 is 2.30 bits per heavy atom. The van der Waals surface area contributed by atoms with Crippen molar-refractivity contribution in [2.24, 2.45) is 0 Å². The molecule has 1 aliphatic carbocycles. The lowest BCUT2D eigenvalue weighted by atomic mass is 9.69. The van der Waals surface area contributed by atoms with E-state index in [9.17, 15) is 0 Å². The van der Waals surface area contributed by atoms with Gasteiger partial charge in [-0.1, -0.05) is 61.2 Å². The summed E-state index contributed by atoms with van der Waals surface area (Å²) in [5, 5.41) is 8.07. The van der Waals surface area contributed by atoms with E-state index in [-0.39, 0.29) is 5.41 Å². The topological polar surface area (TPSA) is 56.3 Å². The molecule has 2 aromatic carbocycles. The number of aryl methyl sites for hydroxylation is 1. The summed E-state index contributed by atoms with van der Waals surface area (Å²) in [5.74, 6) is 1.48. The minimum atomic E-state index is 0.0611. The molecule has 1 aliphatic heterocycles. The second-order valence-electron chi connectivity index (χ2n) is 10.2. The molecule has 0 amide bonds. The highest BCUT2D eigenvalue weighted by molar-refractivity contribution is 7.80. The van der Waals surface area contributed by atoms with Gasteiger partial charge >= 0.3 is 0 Å². The van der Waals surface area contributed by atoms with Crippen LogP contribution in [0.2, 0.25) is 5.02 Å². The first-order chi connectivity index (χ1) is 18.0. The first-order valence-corrected chi connectivity index (χ1v) is 14.0. The molecule has 2 N–H and O–H groups in total. The molecule has 5 rings (SSSR count). The Hall–Kier alpha value is -2.90. The van der Waals surface area contributed by atoms with E-state index in [1.807, 2.05) is 19.1 Å². The molecule has 8 heteroatoms. The van der Waals surface area contributed by atoms with Gasteiger partial charge in [0, 0.05) is 60.6 Å². The smallest absolute Gasteiger partial charge is 0.231 e. The number of aromatic nitrogens is 2. The summed E-state index contributed by atoms with van der Waals surface area (Å²) >= 11 is 11.9. The normalized spacial score (nSPS) is 17.4. The Kier molecular flexibility index (Phi) is 8.11. The predicted molar refractivity (Wildman–Crippen MR) is 158 cm³/mol. The van der Waals surface area contributed by atoms with Gasteiger partial charge in [0.05, 0.1) is 0 Å². The van der Waals surface area contributed by atoms with Crippen LogP contribution < -0.4 is 20.4 Å². The standard InChI is InChI=1S/C29H35ClN6S/c1-22-20-26(36-18-16-35(17-19-36)25-8-4-2-5-9-25)33-27(32-22)34-28(37)31-21-29(14-6-3-7-15-29)23-10-12-24(30)13-11-23/h2,4-5,8-13,20H,3,6-7,14-19,21H2,1H3,(H2,31,32,33,34,37). The maximum absolute atomic E-state index is 6.16. The van der Waals surface area contributed by atoms with E-state index in [0.29, 0.717) is 11.1 Å². The molecule has 37 heavy (non-hydrogen) atoms. The van der Waals surface area contributed by atoms with Gasteiger partial charge in [-0.25, -0.2) is 4.98 Å². The molecule has 1 aromatic heterocycles. The minimum Gasteiger partial charge on any atom is -0.368 e. The number of piperazine rings is 1. The Bertz CT molecular complexity index is 1190. The highest BCUT2D eigenvalue weighted by Crippen LogP contribution is 2.39. The van der Waals surface area contributed by atoms with Gasteiger partial charge in [0.1, 0.15) is 5.82 Å². The van der Waals surface area contributed by atoms with E-state index >= 15 is 0 Å². The van der Waals surface area contributed by atoms with Crippen molar-refractivity contribution in [2.45, 2.75) is 44.4 Å².